The predicted molar refractivity (Wildman–Crippen MR) is 151 cm³/mol. The Hall–Kier alpha value is -4.51. The van der Waals surface area contributed by atoms with Crippen molar-refractivity contribution in [3.05, 3.63) is 102 Å². The number of rotatable bonds is 12. The van der Waals surface area contributed by atoms with E-state index in [2.05, 4.69) is 20.7 Å². The number of nitrogens with zero attached hydrogens (tertiary/aromatic N) is 3. The van der Waals surface area contributed by atoms with Gasteiger partial charge in [0.1, 0.15) is 35.6 Å². The van der Waals surface area contributed by atoms with Crippen LogP contribution in [0.4, 0.5) is 20.2 Å². The molecule has 1 aromatic heterocycles. The van der Waals surface area contributed by atoms with Crippen molar-refractivity contribution in [2.75, 3.05) is 36.9 Å². The van der Waals surface area contributed by atoms with E-state index in [-0.39, 0.29) is 12.5 Å². The van der Waals surface area contributed by atoms with Crippen LogP contribution in [0.25, 0.3) is 0 Å². The predicted octanol–water partition coefficient (Wildman–Crippen LogP) is 4.50. The first-order valence-corrected chi connectivity index (χ1v) is 13.3. The van der Waals surface area contributed by atoms with Gasteiger partial charge in [-0.1, -0.05) is 6.07 Å². The molecule has 0 spiro atoms. The Kier molecular flexibility index (Phi) is 8.44. The van der Waals surface area contributed by atoms with Crippen molar-refractivity contribution in [2.24, 2.45) is 11.7 Å². The zero-order valence-corrected chi connectivity index (χ0v) is 22.6. The third-order valence-electron chi connectivity index (χ3n) is 7.12. The lowest BCUT2D eigenvalue weighted by Crippen LogP contribution is -2.32. The second kappa shape index (κ2) is 12.3. The maximum atomic E-state index is 14.9. The lowest BCUT2D eigenvalue weighted by molar-refractivity contribution is -0.0206. The van der Waals surface area contributed by atoms with Crippen molar-refractivity contribution in [3.8, 4) is 5.75 Å². The largest absolute Gasteiger partial charge is 0.493 e. The number of benzene rings is 3. The molecule has 1 amide bonds. The van der Waals surface area contributed by atoms with Crippen molar-refractivity contribution in [1.82, 2.24) is 14.8 Å². The van der Waals surface area contributed by atoms with E-state index < -0.39 is 23.1 Å². The monoisotopic (exact) mass is 562 g/mol. The summed E-state index contributed by atoms with van der Waals surface area (Å²) in [5.41, 5.74) is 7.87. The standard InChI is InChI=1S/C30H32F2N6O3/c1-20-12-25(36-11-10-35-24-5-2-22(3-6-24)29(33)39)7-9-28(20)40-15-21-14-30(41-16-21,17-38-19-34-18-37-38)26-8-4-23(31)13-27(26)32/h2-9,12-13,18-19,21,35-36H,10-11,14-17H2,1H3,(H2,33,39)/t21-,30+/m1/s1. The highest BCUT2D eigenvalue weighted by molar-refractivity contribution is 5.93. The third kappa shape index (κ3) is 6.80. The highest BCUT2D eigenvalue weighted by atomic mass is 19.1. The number of carbonyl (C=O) groups is 1. The molecule has 3 aromatic carbocycles. The molecule has 0 aliphatic carbocycles. The molecular weight excluding hydrogens is 530 g/mol. The SMILES string of the molecule is Cc1cc(NCCNc2ccc(C(N)=O)cc2)ccc1OC[C@@H]1CO[C@@](Cn2cncn2)(c2ccc(F)cc2F)C1. The quantitative estimate of drug-likeness (QED) is 0.218. The van der Waals surface area contributed by atoms with Crippen LogP contribution in [0.3, 0.4) is 0 Å². The lowest BCUT2D eigenvalue weighted by atomic mass is 9.87. The molecule has 214 valence electrons. The Bertz CT molecular complexity index is 1480. The van der Waals surface area contributed by atoms with E-state index in [0.29, 0.717) is 43.9 Å². The number of nitrogens with two attached hydrogens (primary N) is 1. The molecule has 2 heterocycles. The number of carbonyl (C=O) groups excluding carboxylic acids is 1. The Morgan fingerprint density at radius 2 is 1.85 bits per heavy atom. The summed E-state index contributed by atoms with van der Waals surface area (Å²) in [5.74, 6) is -0.995. The second-order valence-corrected chi connectivity index (χ2v) is 10.2. The molecule has 0 unspecified atom stereocenters. The molecule has 9 nitrogen and oxygen atoms in total. The number of ether oxygens (including phenoxy) is 2. The van der Waals surface area contributed by atoms with Gasteiger partial charge in [-0.2, -0.15) is 5.10 Å². The molecule has 1 fully saturated rings. The summed E-state index contributed by atoms with van der Waals surface area (Å²) in [6.45, 7) is 4.34. The van der Waals surface area contributed by atoms with Crippen LogP contribution in [0.2, 0.25) is 0 Å². The first kappa shape index (κ1) is 28.0. The van der Waals surface area contributed by atoms with E-state index in [1.165, 1.54) is 18.5 Å². The van der Waals surface area contributed by atoms with Crippen LogP contribution in [0, 0.1) is 24.5 Å². The van der Waals surface area contributed by atoms with E-state index in [0.717, 1.165) is 28.8 Å². The van der Waals surface area contributed by atoms with Gasteiger partial charge in [-0.05, 0) is 67.4 Å². The smallest absolute Gasteiger partial charge is 0.248 e. The average Bonchev–Trinajstić information content (AvgIpc) is 3.61. The number of nitrogens with one attached hydrogen (secondary N) is 2. The minimum Gasteiger partial charge on any atom is -0.493 e. The maximum absolute atomic E-state index is 14.9. The molecule has 0 radical (unpaired) electrons. The zero-order chi connectivity index (χ0) is 28.8. The van der Waals surface area contributed by atoms with Gasteiger partial charge in [0.05, 0.1) is 19.8 Å². The number of amides is 1. The van der Waals surface area contributed by atoms with Crippen molar-refractivity contribution in [1.29, 1.82) is 0 Å². The summed E-state index contributed by atoms with van der Waals surface area (Å²) in [4.78, 5) is 15.2. The molecule has 2 atom stereocenters. The minimum atomic E-state index is -1.01. The number of primary amides is 1. The Balaban J connectivity index is 1.15. The van der Waals surface area contributed by atoms with Crippen LogP contribution >= 0.6 is 0 Å². The van der Waals surface area contributed by atoms with E-state index in [1.807, 2.05) is 37.3 Å². The molecule has 5 rings (SSSR count). The van der Waals surface area contributed by atoms with E-state index in [4.69, 9.17) is 15.2 Å². The van der Waals surface area contributed by atoms with Gasteiger partial charge in [0.2, 0.25) is 5.91 Å². The first-order valence-electron chi connectivity index (χ1n) is 13.3. The van der Waals surface area contributed by atoms with Crippen molar-refractivity contribution in [3.63, 3.8) is 0 Å². The van der Waals surface area contributed by atoms with Crippen LogP contribution in [0.1, 0.15) is 27.9 Å². The fourth-order valence-corrected chi connectivity index (χ4v) is 5.08. The summed E-state index contributed by atoms with van der Waals surface area (Å²) in [5, 5.41) is 10.8. The van der Waals surface area contributed by atoms with Crippen molar-refractivity contribution in [2.45, 2.75) is 25.5 Å². The molecule has 1 aliphatic rings. The fraction of sp³-hybridized carbons (Fsp3) is 0.300. The van der Waals surface area contributed by atoms with E-state index in [9.17, 15) is 13.6 Å². The van der Waals surface area contributed by atoms with Gasteiger partial charge in [0.25, 0.3) is 0 Å². The fourth-order valence-electron chi connectivity index (χ4n) is 5.08. The average molecular weight is 563 g/mol. The summed E-state index contributed by atoms with van der Waals surface area (Å²) in [6.07, 6.45) is 3.44. The molecule has 0 bridgehead atoms. The van der Waals surface area contributed by atoms with Gasteiger partial charge in [0, 0.05) is 47.6 Å². The molecule has 4 N–H and O–H groups in total. The van der Waals surface area contributed by atoms with Gasteiger partial charge in [-0.25, -0.2) is 18.4 Å². The highest BCUT2D eigenvalue weighted by Crippen LogP contribution is 2.42. The van der Waals surface area contributed by atoms with Crippen LogP contribution in [-0.4, -0.2) is 47.0 Å². The van der Waals surface area contributed by atoms with E-state index in [1.54, 1.807) is 23.1 Å². The van der Waals surface area contributed by atoms with Crippen molar-refractivity contribution >= 4 is 17.3 Å². The summed E-state index contributed by atoms with van der Waals surface area (Å²) < 4.78 is 42.5. The van der Waals surface area contributed by atoms with Gasteiger partial charge >= 0.3 is 0 Å². The number of anilines is 2. The summed E-state index contributed by atoms with van der Waals surface area (Å²) in [7, 11) is 0. The lowest BCUT2D eigenvalue weighted by Gasteiger charge is -2.29. The van der Waals surface area contributed by atoms with Crippen molar-refractivity contribution < 1.29 is 23.0 Å². The van der Waals surface area contributed by atoms with Gasteiger partial charge in [-0.15, -0.1) is 0 Å². The molecule has 1 aliphatic heterocycles. The normalized spacial score (nSPS) is 18.3. The van der Waals surface area contributed by atoms with Gasteiger partial charge in [0.15, 0.2) is 0 Å². The summed E-state index contributed by atoms with van der Waals surface area (Å²) in [6, 6.07) is 16.5. The topological polar surface area (TPSA) is 116 Å². The molecule has 1 saturated heterocycles. The van der Waals surface area contributed by atoms with Crippen LogP contribution in [0.15, 0.2) is 73.3 Å². The number of hydrogen-bond donors (Lipinski definition) is 3. The van der Waals surface area contributed by atoms with Gasteiger partial charge in [-0.3, -0.25) is 4.79 Å². The highest BCUT2D eigenvalue weighted by Gasteiger charge is 2.44. The van der Waals surface area contributed by atoms with E-state index >= 15 is 0 Å². The number of hydrogen-bond acceptors (Lipinski definition) is 7. The summed E-state index contributed by atoms with van der Waals surface area (Å²) >= 11 is 0. The Morgan fingerprint density at radius 1 is 1.10 bits per heavy atom. The zero-order valence-electron chi connectivity index (χ0n) is 22.6. The molecule has 11 heteroatoms. The number of aromatic nitrogens is 3. The number of aryl methyl sites for hydroxylation is 1. The second-order valence-electron chi connectivity index (χ2n) is 10.2. The van der Waals surface area contributed by atoms with Crippen LogP contribution in [-0.2, 0) is 16.9 Å². The minimum absolute atomic E-state index is 0.0108. The third-order valence-corrected chi connectivity index (χ3v) is 7.12. The molecular formula is C30H32F2N6O3. The molecule has 0 saturated carbocycles. The van der Waals surface area contributed by atoms with Crippen LogP contribution in [0.5, 0.6) is 5.75 Å². The first-order chi connectivity index (χ1) is 19.8. The maximum Gasteiger partial charge on any atom is 0.248 e. The van der Waals surface area contributed by atoms with Gasteiger partial charge < -0.3 is 25.8 Å². The van der Waals surface area contributed by atoms with Crippen LogP contribution < -0.4 is 21.1 Å². The molecule has 41 heavy (non-hydrogen) atoms. The number of halogens is 2. The Labute approximate surface area is 236 Å². The Morgan fingerprint density at radius 3 is 2.54 bits per heavy atom. The molecule has 4 aromatic rings.